The monoisotopic (exact) mass is 238 g/mol. The summed E-state index contributed by atoms with van der Waals surface area (Å²) in [6.45, 7) is 9.30. The first kappa shape index (κ1) is 13.7. The van der Waals surface area contributed by atoms with Crippen LogP contribution in [0, 0.1) is 13.8 Å². The average Bonchev–Trinajstić information content (AvgIpc) is 2.54. The fraction of sp³-hybridized carbons (Fsp3) is 0.692. The van der Waals surface area contributed by atoms with Gasteiger partial charge in [0.15, 0.2) is 0 Å². The summed E-state index contributed by atoms with van der Waals surface area (Å²) < 4.78 is 6.96. The van der Waals surface area contributed by atoms with Gasteiger partial charge in [-0.2, -0.15) is 5.10 Å². The first-order valence-electron chi connectivity index (χ1n) is 6.28. The molecular weight excluding hydrogens is 216 g/mol. The van der Waals surface area contributed by atoms with Crippen molar-refractivity contribution in [3.8, 4) is 0 Å². The van der Waals surface area contributed by atoms with Gasteiger partial charge in [0.25, 0.3) is 0 Å². The van der Waals surface area contributed by atoms with E-state index in [9.17, 15) is 4.79 Å². The molecule has 0 aromatic carbocycles. The Morgan fingerprint density at radius 1 is 1.35 bits per heavy atom. The highest BCUT2D eigenvalue weighted by Crippen LogP contribution is 2.15. The van der Waals surface area contributed by atoms with Crippen LogP contribution in [0.15, 0.2) is 0 Å². The molecule has 1 aromatic heterocycles. The molecule has 0 aliphatic carbocycles. The van der Waals surface area contributed by atoms with Crippen molar-refractivity contribution in [1.82, 2.24) is 9.78 Å². The Balaban J connectivity index is 2.78. The van der Waals surface area contributed by atoms with Gasteiger partial charge in [0, 0.05) is 17.8 Å². The van der Waals surface area contributed by atoms with Crippen LogP contribution in [0.5, 0.6) is 0 Å². The molecule has 1 heterocycles. The fourth-order valence-electron chi connectivity index (χ4n) is 1.87. The molecular formula is C13H22N2O2. The molecule has 0 saturated carbocycles. The van der Waals surface area contributed by atoms with Gasteiger partial charge in [-0.3, -0.25) is 9.48 Å². The molecule has 0 spiro atoms. The van der Waals surface area contributed by atoms with Crippen LogP contribution < -0.4 is 0 Å². The number of rotatable bonds is 6. The van der Waals surface area contributed by atoms with Gasteiger partial charge in [-0.15, -0.1) is 0 Å². The minimum Gasteiger partial charge on any atom is -0.466 e. The highest BCUT2D eigenvalue weighted by atomic mass is 16.5. The van der Waals surface area contributed by atoms with Crippen LogP contribution in [0.2, 0.25) is 0 Å². The minimum atomic E-state index is -0.172. The zero-order valence-electron chi connectivity index (χ0n) is 11.2. The first-order valence-corrected chi connectivity index (χ1v) is 6.28. The standard InChI is InChI=1S/C13H22N2O2/c1-5-7-8-15-11(4)12(10(3)14-15)9-13(16)17-6-2/h5-9H2,1-4H3. The van der Waals surface area contributed by atoms with Crippen LogP contribution in [0.1, 0.15) is 43.6 Å². The van der Waals surface area contributed by atoms with Gasteiger partial charge in [-0.1, -0.05) is 13.3 Å². The van der Waals surface area contributed by atoms with Gasteiger partial charge in [-0.05, 0) is 27.2 Å². The zero-order chi connectivity index (χ0) is 12.8. The van der Waals surface area contributed by atoms with Gasteiger partial charge in [0.1, 0.15) is 0 Å². The van der Waals surface area contributed by atoms with E-state index in [-0.39, 0.29) is 5.97 Å². The largest absolute Gasteiger partial charge is 0.466 e. The Morgan fingerprint density at radius 2 is 2.06 bits per heavy atom. The van der Waals surface area contributed by atoms with E-state index in [4.69, 9.17) is 4.74 Å². The van der Waals surface area contributed by atoms with Crippen LogP contribution in [-0.4, -0.2) is 22.4 Å². The molecule has 0 saturated heterocycles. The van der Waals surface area contributed by atoms with E-state index in [1.54, 1.807) is 0 Å². The molecule has 0 N–H and O–H groups in total. The molecule has 0 unspecified atom stereocenters. The lowest BCUT2D eigenvalue weighted by atomic mass is 10.1. The summed E-state index contributed by atoms with van der Waals surface area (Å²) in [6.07, 6.45) is 2.59. The Kier molecular flexibility index (Phi) is 5.19. The normalized spacial score (nSPS) is 10.6. The van der Waals surface area contributed by atoms with E-state index in [1.807, 2.05) is 25.5 Å². The van der Waals surface area contributed by atoms with Crippen molar-refractivity contribution >= 4 is 5.97 Å². The van der Waals surface area contributed by atoms with Crippen molar-refractivity contribution in [3.63, 3.8) is 0 Å². The number of esters is 1. The summed E-state index contributed by atoms with van der Waals surface area (Å²) in [6, 6.07) is 0. The number of aryl methyl sites for hydroxylation is 2. The summed E-state index contributed by atoms with van der Waals surface area (Å²) in [5.74, 6) is -0.172. The summed E-state index contributed by atoms with van der Waals surface area (Å²) in [5.41, 5.74) is 3.04. The molecule has 17 heavy (non-hydrogen) atoms. The van der Waals surface area contributed by atoms with Crippen molar-refractivity contribution in [2.24, 2.45) is 0 Å². The van der Waals surface area contributed by atoms with Crippen LogP contribution in [-0.2, 0) is 22.5 Å². The number of ether oxygens (including phenoxy) is 1. The van der Waals surface area contributed by atoms with Gasteiger partial charge in [-0.25, -0.2) is 0 Å². The number of nitrogens with zero attached hydrogens (tertiary/aromatic N) is 2. The second-order valence-electron chi connectivity index (χ2n) is 4.21. The third-order valence-corrected chi connectivity index (χ3v) is 2.88. The predicted octanol–water partition coefficient (Wildman–Crippen LogP) is 2.41. The van der Waals surface area contributed by atoms with Crippen LogP contribution in [0.4, 0.5) is 0 Å². The van der Waals surface area contributed by atoms with Gasteiger partial charge in [0.05, 0.1) is 18.7 Å². The summed E-state index contributed by atoms with van der Waals surface area (Å²) in [4.78, 5) is 11.5. The maximum absolute atomic E-state index is 11.5. The molecule has 96 valence electrons. The lowest BCUT2D eigenvalue weighted by Crippen LogP contribution is -2.09. The Hall–Kier alpha value is -1.32. The third kappa shape index (κ3) is 3.58. The van der Waals surface area contributed by atoms with Crippen molar-refractivity contribution in [2.45, 2.75) is 53.5 Å². The van der Waals surface area contributed by atoms with Gasteiger partial charge in [0.2, 0.25) is 0 Å². The predicted molar refractivity (Wildman–Crippen MR) is 66.9 cm³/mol. The number of aromatic nitrogens is 2. The third-order valence-electron chi connectivity index (χ3n) is 2.88. The highest BCUT2D eigenvalue weighted by Gasteiger charge is 2.15. The molecule has 4 heteroatoms. The second kappa shape index (κ2) is 6.42. The summed E-state index contributed by atoms with van der Waals surface area (Å²) in [7, 11) is 0. The quantitative estimate of drug-likeness (QED) is 0.715. The van der Waals surface area contributed by atoms with Crippen LogP contribution in [0.25, 0.3) is 0 Å². The molecule has 0 amide bonds. The van der Waals surface area contributed by atoms with E-state index in [0.29, 0.717) is 13.0 Å². The number of unbranched alkanes of at least 4 members (excludes halogenated alkanes) is 1. The van der Waals surface area contributed by atoms with E-state index in [1.165, 1.54) is 0 Å². The maximum Gasteiger partial charge on any atom is 0.310 e. The molecule has 0 radical (unpaired) electrons. The highest BCUT2D eigenvalue weighted by molar-refractivity contribution is 5.73. The van der Waals surface area contributed by atoms with Crippen molar-refractivity contribution in [1.29, 1.82) is 0 Å². The molecule has 1 rings (SSSR count). The zero-order valence-corrected chi connectivity index (χ0v) is 11.2. The van der Waals surface area contributed by atoms with E-state index in [2.05, 4.69) is 12.0 Å². The Labute approximate surface area is 103 Å². The average molecular weight is 238 g/mol. The Morgan fingerprint density at radius 3 is 2.65 bits per heavy atom. The maximum atomic E-state index is 11.5. The molecule has 1 aromatic rings. The van der Waals surface area contributed by atoms with Crippen LogP contribution in [0.3, 0.4) is 0 Å². The molecule has 0 fully saturated rings. The van der Waals surface area contributed by atoms with E-state index in [0.717, 1.165) is 36.3 Å². The molecule has 0 atom stereocenters. The van der Waals surface area contributed by atoms with E-state index < -0.39 is 0 Å². The summed E-state index contributed by atoms with van der Waals surface area (Å²) in [5, 5.41) is 4.47. The molecule has 0 aliphatic rings. The number of carbonyl (C=O) groups excluding carboxylic acids is 1. The van der Waals surface area contributed by atoms with Crippen molar-refractivity contribution in [3.05, 3.63) is 17.0 Å². The van der Waals surface area contributed by atoms with Crippen LogP contribution >= 0.6 is 0 Å². The fourth-order valence-corrected chi connectivity index (χ4v) is 1.87. The molecule has 4 nitrogen and oxygen atoms in total. The van der Waals surface area contributed by atoms with Crippen molar-refractivity contribution in [2.75, 3.05) is 6.61 Å². The first-order chi connectivity index (χ1) is 8.10. The second-order valence-corrected chi connectivity index (χ2v) is 4.21. The number of hydrogen-bond acceptors (Lipinski definition) is 3. The van der Waals surface area contributed by atoms with Gasteiger partial charge >= 0.3 is 5.97 Å². The molecule has 0 aliphatic heterocycles. The minimum absolute atomic E-state index is 0.172. The lowest BCUT2D eigenvalue weighted by Gasteiger charge is -2.04. The topological polar surface area (TPSA) is 44.1 Å². The number of carbonyl (C=O) groups is 1. The molecule has 0 bridgehead atoms. The van der Waals surface area contributed by atoms with Gasteiger partial charge < -0.3 is 4.74 Å². The lowest BCUT2D eigenvalue weighted by molar-refractivity contribution is -0.142. The van der Waals surface area contributed by atoms with E-state index >= 15 is 0 Å². The number of hydrogen-bond donors (Lipinski definition) is 0. The van der Waals surface area contributed by atoms with Crippen molar-refractivity contribution < 1.29 is 9.53 Å². The summed E-state index contributed by atoms with van der Waals surface area (Å²) >= 11 is 0. The SMILES string of the molecule is CCCCn1nc(C)c(CC(=O)OCC)c1C. The Bertz CT molecular complexity index is 383. The smallest absolute Gasteiger partial charge is 0.310 e.